The molecular weight excluding hydrogens is 220 g/mol. The van der Waals surface area contributed by atoms with Crippen molar-refractivity contribution in [1.82, 2.24) is 4.98 Å². The van der Waals surface area contributed by atoms with Gasteiger partial charge in [0.05, 0.1) is 12.2 Å². The molecule has 0 aliphatic rings. The van der Waals surface area contributed by atoms with Crippen LogP contribution >= 0.6 is 0 Å². The molecule has 0 saturated carbocycles. The second-order valence-corrected chi connectivity index (χ2v) is 4.48. The Labute approximate surface area is 109 Å². The highest BCUT2D eigenvalue weighted by molar-refractivity contribution is 5.44. The van der Waals surface area contributed by atoms with Crippen molar-refractivity contribution < 1.29 is 0 Å². The number of benzene rings is 1. The lowest BCUT2D eigenvalue weighted by Gasteiger charge is -2.07. The van der Waals surface area contributed by atoms with Crippen molar-refractivity contribution >= 4 is 5.69 Å². The second kappa shape index (κ2) is 6.80. The summed E-state index contributed by atoms with van der Waals surface area (Å²) < 4.78 is 0. The van der Waals surface area contributed by atoms with E-state index in [0.29, 0.717) is 0 Å². The van der Waals surface area contributed by atoms with E-state index in [0.717, 1.165) is 17.9 Å². The molecule has 0 atom stereocenters. The molecule has 1 N–H and O–H groups in total. The monoisotopic (exact) mass is 240 g/mol. The fourth-order valence-electron chi connectivity index (χ4n) is 1.87. The predicted molar refractivity (Wildman–Crippen MR) is 76.6 cm³/mol. The first-order chi connectivity index (χ1) is 8.88. The molecule has 0 spiro atoms. The number of anilines is 1. The van der Waals surface area contributed by atoms with Crippen LogP contribution in [0, 0.1) is 0 Å². The van der Waals surface area contributed by atoms with Crippen molar-refractivity contribution in [2.75, 3.05) is 5.32 Å². The van der Waals surface area contributed by atoms with Crippen LogP contribution in [0.4, 0.5) is 5.69 Å². The molecule has 2 rings (SSSR count). The molecular formula is C16H20N2. The highest BCUT2D eigenvalue weighted by Gasteiger charge is 1.96. The number of pyridine rings is 1. The summed E-state index contributed by atoms with van der Waals surface area (Å²) in [5, 5.41) is 3.38. The molecule has 2 aromatic rings. The van der Waals surface area contributed by atoms with Crippen molar-refractivity contribution in [3.8, 4) is 0 Å². The van der Waals surface area contributed by atoms with E-state index in [1.807, 2.05) is 24.4 Å². The number of unbranched alkanes of at least 4 members (excludes halogenated alkanes) is 1. The number of nitrogens with one attached hydrogen (secondary N) is 1. The van der Waals surface area contributed by atoms with E-state index in [1.54, 1.807) is 0 Å². The smallest absolute Gasteiger partial charge is 0.0594 e. The summed E-state index contributed by atoms with van der Waals surface area (Å²) in [6, 6.07) is 14.7. The first kappa shape index (κ1) is 12.6. The average Bonchev–Trinajstić information content (AvgIpc) is 2.45. The quantitative estimate of drug-likeness (QED) is 0.824. The Morgan fingerprint density at radius 3 is 2.56 bits per heavy atom. The lowest BCUT2D eigenvalue weighted by Crippen LogP contribution is -2.01. The van der Waals surface area contributed by atoms with Gasteiger partial charge in [-0.25, -0.2) is 0 Å². The van der Waals surface area contributed by atoms with E-state index in [-0.39, 0.29) is 0 Å². The van der Waals surface area contributed by atoms with Crippen LogP contribution in [0.1, 0.15) is 31.0 Å². The van der Waals surface area contributed by atoms with E-state index in [2.05, 4.69) is 41.5 Å². The van der Waals surface area contributed by atoms with Crippen LogP contribution in [0.15, 0.2) is 48.7 Å². The summed E-state index contributed by atoms with van der Waals surface area (Å²) in [5.41, 5.74) is 3.63. The third kappa shape index (κ3) is 3.88. The molecule has 94 valence electrons. The number of hydrogen-bond acceptors (Lipinski definition) is 2. The van der Waals surface area contributed by atoms with Crippen LogP contribution in [-0.4, -0.2) is 4.98 Å². The number of aryl methyl sites for hydroxylation is 1. The minimum absolute atomic E-state index is 0.773. The van der Waals surface area contributed by atoms with E-state index in [4.69, 9.17) is 0 Å². The number of rotatable bonds is 6. The summed E-state index contributed by atoms with van der Waals surface area (Å²) >= 11 is 0. The molecule has 1 heterocycles. The van der Waals surface area contributed by atoms with Crippen LogP contribution in [0.3, 0.4) is 0 Å². The summed E-state index contributed by atoms with van der Waals surface area (Å²) in [5.74, 6) is 0. The van der Waals surface area contributed by atoms with Crippen LogP contribution in [0.25, 0.3) is 0 Å². The maximum absolute atomic E-state index is 4.29. The van der Waals surface area contributed by atoms with E-state index >= 15 is 0 Å². The maximum Gasteiger partial charge on any atom is 0.0594 e. The van der Waals surface area contributed by atoms with Gasteiger partial charge in [0.15, 0.2) is 0 Å². The van der Waals surface area contributed by atoms with Crippen LogP contribution in [-0.2, 0) is 13.0 Å². The van der Waals surface area contributed by atoms with Gasteiger partial charge in [0, 0.05) is 11.9 Å². The Bertz CT molecular complexity index is 448. The molecule has 18 heavy (non-hydrogen) atoms. The Balaban J connectivity index is 1.86. The average molecular weight is 240 g/mol. The van der Waals surface area contributed by atoms with Crippen LogP contribution < -0.4 is 5.32 Å². The number of nitrogens with zero attached hydrogens (tertiary/aromatic N) is 1. The van der Waals surface area contributed by atoms with Crippen LogP contribution in [0.2, 0.25) is 0 Å². The molecule has 1 aromatic heterocycles. The normalized spacial score (nSPS) is 10.3. The summed E-state index contributed by atoms with van der Waals surface area (Å²) in [4.78, 5) is 4.29. The van der Waals surface area contributed by atoms with Crippen LogP contribution in [0.5, 0.6) is 0 Å². The molecule has 0 amide bonds. The lowest BCUT2D eigenvalue weighted by molar-refractivity contribution is 0.795. The van der Waals surface area contributed by atoms with E-state index in [1.165, 1.54) is 24.8 Å². The summed E-state index contributed by atoms with van der Waals surface area (Å²) in [6.45, 7) is 3.00. The Kier molecular flexibility index (Phi) is 4.77. The fraction of sp³-hybridized carbons (Fsp3) is 0.312. The Morgan fingerprint density at radius 1 is 1.06 bits per heavy atom. The molecule has 0 aliphatic carbocycles. The minimum atomic E-state index is 0.773. The number of aromatic nitrogens is 1. The molecule has 2 nitrogen and oxygen atoms in total. The molecule has 0 fully saturated rings. The van der Waals surface area contributed by atoms with Gasteiger partial charge in [-0.05, 0) is 42.7 Å². The largest absolute Gasteiger partial charge is 0.379 e. The second-order valence-electron chi connectivity index (χ2n) is 4.48. The van der Waals surface area contributed by atoms with Gasteiger partial charge >= 0.3 is 0 Å². The van der Waals surface area contributed by atoms with Gasteiger partial charge < -0.3 is 5.32 Å². The first-order valence-corrected chi connectivity index (χ1v) is 6.61. The van der Waals surface area contributed by atoms with Gasteiger partial charge in [-0.2, -0.15) is 0 Å². The Hall–Kier alpha value is -1.83. The lowest BCUT2D eigenvalue weighted by atomic mass is 10.1. The van der Waals surface area contributed by atoms with Gasteiger partial charge in [0.25, 0.3) is 0 Å². The molecule has 1 aromatic carbocycles. The molecule has 0 saturated heterocycles. The summed E-state index contributed by atoms with van der Waals surface area (Å²) in [6.07, 6.45) is 5.52. The van der Waals surface area contributed by atoms with Crippen molar-refractivity contribution in [2.24, 2.45) is 0 Å². The zero-order chi connectivity index (χ0) is 12.6. The molecule has 0 radical (unpaired) electrons. The molecule has 0 bridgehead atoms. The standard InChI is InChI=1S/C16H20N2/c1-2-3-6-14-8-10-15(11-9-14)18-13-16-7-4-5-12-17-16/h4-5,7-12,18H,2-3,6,13H2,1H3. The third-order valence-corrected chi connectivity index (χ3v) is 2.97. The SMILES string of the molecule is CCCCc1ccc(NCc2ccccn2)cc1. The zero-order valence-corrected chi connectivity index (χ0v) is 10.9. The van der Waals surface area contributed by atoms with E-state index in [9.17, 15) is 0 Å². The fourth-order valence-corrected chi connectivity index (χ4v) is 1.87. The van der Waals surface area contributed by atoms with Gasteiger partial charge in [0.2, 0.25) is 0 Å². The molecule has 0 aliphatic heterocycles. The topological polar surface area (TPSA) is 24.9 Å². The third-order valence-electron chi connectivity index (χ3n) is 2.97. The van der Waals surface area contributed by atoms with Crippen molar-refractivity contribution in [3.05, 3.63) is 59.9 Å². The van der Waals surface area contributed by atoms with Gasteiger partial charge in [-0.1, -0.05) is 31.5 Å². The van der Waals surface area contributed by atoms with E-state index < -0.39 is 0 Å². The highest BCUT2D eigenvalue weighted by atomic mass is 14.9. The number of hydrogen-bond donors (Lipinski definition) is 1. The van der Waals surface area contributed by atoms with Gasteiger partial charge in [-0.3, -0.25) is 4.98 Å². The van der Waals surface area contributed by atoms with Gasteiger partial charge in [-0.15, -0.1) is 0 Å². The molecule has 2 heteroatoms. The zero-order valence-electron chi connectivity index (χ0n) is 10.9. The predicted octanol–water partition coefficient (Wildman–Crippen LogP) is 4.04. The maximum atomic E-state index is 4.29. The first-order valence-electron chi connectivity index (χ1n) is 6.61. The molecule has 0 unspecified atom stereocenters. The van der Waals surface area contributed by atoms with Gasteiger partial charge in [0.1, 0.15) is 0 Å². The Morgan fingerprint density at radius 2 is 1.89 bits per heavy atom. The highest BCUT2D eigenvalue weighted by Crippen LogP contribution is 2.12. The summed E-state index contributed by atoms with van der Waals surface area (Å²) in [7, 11) is 0. The van der Waals surface area contributed by atoms with Crippen molar-refractivity contribution in [3.63, 3.8) is 0 Å². The van der Waals surface area contributed by atoms with Crippen molar-refractivity contribution in [1.29, 1.82) is 0 Å². The van der Waals surface area contributed by atoms with Crippen molar-refractivity contribution in [2.45, 2.75) is 32.7 Å². The minimum Gasteiger partial charge on any atom is -0.379 e.